The van der Waals surface area contributed by atoms with Gasteiger partial charge < -0.3 is 4.90 Å². The van der Waals surface area contributed by atoms with Crippen molar-refractivity contribution in [3.05, 3.63) is 47.6 Å². The molecule has 0 aromatic heterocycles. The van der Waals surface area contributed by atoms with Gasteiger partial charge in [-0.05, 0) is 18.3 Å². The highest BCUT2D eigenvalue weighted by Gasteiger charge is 1.74. The zero-order chi connectivity index (χ0) is 9.40. The molecule has 1 aromatic rings. The van der Waals surface area contributed by atoms with Crippen molar-refractivity contribution in [3.8, 4) is 0 Å². The molecule has 0 heterocycles. The average Bonchev–Trinajstić information content (AvgIpc) is 2.07. The molecule has 0 spiro atoms. The van der Waals surface area contributed by atoms with Gasteiger partial charge in [0.1, 0.15) is 0 Å². The van der Waals surface area contributed by atoms with E-state index in [0.717, 1.165) is 4.47 Å². The Balaban J connectivity index is 0.000000217. The first-order chi connectivity index (χ1) is 5.66. The summed E-state index contributed by atoms with van der Waals surface area (Å²) in [6.45, 7) is 3.49. The first kappa shape index (κ1) is 11.2. The van der Waals surface area contributed by atoms with Crippen molar-refractivity contribution in [1.82, 2.24) is 4.90 Å². The van der Waals surface area contributed by atoms with Gasteiger partial charge in [-0.15, -0.1) is 0 Å². The Labute approximate surface area is 82.8 Å². The van der Waals surface area contributed by atoms with Crippen LogP contribution in [0, 0.1) is 0 Å². The summed E-state index contributed by atoms with van der Waals surface area (Å²) in [5.74, 6) is 0. The predicted octanol–water partition coefficient (Wildman–Crippen LogP) is 3.14. The molecule has 0 bridgehead atoms. The Morgan fingerprint density at radius 1 is 1.25 bits per heavy atom. The summed E-state index contributed by atoms with van der Waals surface area (Å²) in [6, 6.07) is 9.97. The van der Waals surface area contributed by atoms with Crippen LogP contribution in [0.1, 0.15) is 0 Å². The van der Waals surface area contributed by atoms with Gasteiger partial charge in [0, 0.05) is 18.6 Å². The maximum Gasteiger partial charge on any atom is 0.0175 e. The number of hydrogen-bond donors (Lipinski definition) is 0. The second-order valence-electron chi connectivity index (χ2n) is 2.44. The number of halogens is 1. The molecule has 0 amide bonds. The Kier molecular flexibility index (Phi) is 6.48. The minimum absolute atomic E-state index is 1.13. The third-order valence-corrected chi connectivity index (χ3v) is 1.63. The highest BCUT2D eigenvalue weighted by molar-refractivity contribution is 9.10. The lowest BCUT2D eigenvalue weighted by Gasteiger charge is -1.98. The molecule has 0 aliphatic rings. The van der Waals surface area contributed by atoms with Gasteiger partial charge in [-0.1, -0.05) is 40.7 Å². The predicted molar refractivity (Wildman–Crippen MR) is 58.0 cm³/mol. The highest BCUT2D eigenvalue weighted by Crippen LogP contribution is 2.05. The van der Waals surface area contributed by atoms with Crippen LogP contribution in [0.25, 0.3) is 0 Å². The molecule has 0 N–H and O–H groups in total. The van der Waals surface area contributed by atoms with E-state index in [4.69, 9.17) is 0 Å². The maximum atomic E-state index is 3.49. The number of hydrogen-bond acceptors (Lipinski definition) is 1. The van der Waals surface area contributed by atoms with Gasteiger partial charge in [-0.25, -0.2) is 0 Å². The zero-order valence-corrected chi connectivity index (χ0v) is 9.08. The standard InChI is InChI=1S/C6H5Br.C4H9N/c7-6-4-2-1-3-5-6;1-4-5(2)3/h1-5H;4H,1H2,2-3H3. The average molecular weight is 228 g/mol. The van der Waals surface area contributed by atoms with Gasteiger partial charge >= 0.3 is 0 Å². The van der Waals surface area contributed by atoms with E-state index in [2.05, 4.69) is 22.5 Å². The van der Waals surface area contributed by atoms with Gasteiger partial charge in [0.2, 0.25) is 0 Å². The quantitative estimate of drug-likeness (QED) is 0.713. The molecule has 0 saturated heterocycles. The molecule has 0 radical (unpaired) electrons. The normalized spacial score (nSPS) is 7.92. The Morgan fingerprint density at radius 3 is 1.83 bits per heavy atom. The molecule has 0 unspecified atom stereocenters. The first-order valence-electron chi connectivity index (χ1n) is 3.66. The van der Waals surface area contributed by atoms with Crippen molar-refractivity contribution in [1.29, 1.82) is 0 Å². The molecule has 0 aliphatic carbocycles. The SMILES string of the molecule is Brc1ccccc1.C=CN(C)C. The third-order valence-electron chi connectivity index (χ3n) is 1.10. The van der Waals surface area contributed by atoms with E-state index in [0.29, 0.717) is 0 Å². The van der Waals surface area contributed by atoms with Gasteiger partial charge in [0.25, 0.3) is 0 Å². The summed E-state index contributed by atoms with van der Waals surface area (Å²) in [5, 5.41) is 0. The molecule has 0 saturated carbocycles. The molecule has 12 heavy (non-hydrogen) atoms. The summed E-state index contributed by atoms with van der Waals surface area (Å²) in [4.78, 5) is 1.89. The van der Waals surface area contributed by atoms with Gasteiger partial charge in [0.05, 0.1) is 0 Å². The molecule has 1 rings (SSSR count). The zero-order valence-electron chi connectivity index (χ0n) is 7.50. The molecule has 0 atom stereocenters. The van der Waals surface area contributed by atoms with E-state index in [9.17, 15) is 0 Å². The van der Waals surface area contributed by atoms with Crippen LogP contribution >= 0.6 is 15.9 Å². The molecule has 0 fully saturated rings. The van der Waals surface area contributed by atoms with Crippen LogP contribution in [0.3, 0.4) is 0 Å². The summed E-state index contributed by atoms with van der Waals surface area (Å²) in [7, 11) is 3.88. The van der Waals surface area contributed by atoms with E-state index in [-0.39, 0.29) is 0 Å². The first-order valence-corrected chi connectivity index (χ1v) is 4.45. The van der Waals surface area contributed by atoms with Gasteiger partial charge in [-0.3, -0.25) is 0 Å². The van der Waals surface area contributed by atoms with Crippen molar-refractivity contribution < 1.29 is 0 Å². The minimum atomic E-state index is 1.13. The smallest absolute Gasteiger partial charge is 0.0175 e. The van der Waals surface area contributed by atoms with Crippen LogP contribution in [0.2, 0.25) is 0 Å². The van der Waals surface area contributed by atoms with Gasteiger partial charge in [-0.2, -0.15) is 0 Å². The number of rotatable bonds is 1. The summed E-state index contributed by atoms with van der Waals surface area (Å²) < 4.78 is 1.13. The van der Waals surface area contributed by atoms with Crippen molar-refractivity contribution >= 4 is 15.9 Å². The summed E-state index contributed by atoms with van der Waals surface area (Å²) in [6.07, 6.45) is 1.75. The summed E-state index contributed by atoms with van der Waals surface area (Å²) >= 11 is 3.31. The van der Waals surface area contributed by atoms with E-state index in [1.807, 2.05) is 49.3 Å². The second kappa shape index (κ2) is 6.92. The largest absolute Gasteiger partial charge is 0.384 e. The second-order valence-corrected chi connectivity index (χ2v) is 3.36. The van der Waals surface area contributed by atoms with Gasteiger partial charge in [0.15, 0.2) is 0 Å². The monoisotopic (exact) mass is 227 g/mol. The van der Waals surface area contributed by atoms with Crippen molar-refractivity contribution in [2.75, 3.05) is 14.1 Å². The Hall–Kier alpha value is -0.760. The summed E-state index contributed by atoms with van der Waals surface area (Å²) in [5.41, 5.74) is 0. The van der Waals surface area contributed by atoms with E-state index >= 15 is 0 Å². The molecule has 0 aliphatic heterocycles. The van der Waals surface area contributed by atoms with Crippen LogP contribution in [-0.2, 0) is 0 Å². The van der Waals surface area contributed by atoms with Crippen LogP contribution in [-0.4, -0.2) is 19.0 Å². The molecule has 1 aromatic carbocycles. The van der Waals surface area contributed by atoms with Crippen LogP contribution in [0.15, 0.2) is 47.6 Å². The van der Waals surface area contributed by atoms with Crippen LogP contribution in [0.4, 0.5) is 0 Å². The number of nitrogens with zero attached hydrogens (tertiary/aromatic N) is 1. The third kappa shape index (κ3) is 7.35. The Morgan fingerprint density at radius 2 is 1.67 bits per heavy atom. The fourth-order valence-electron chi connectivity index (χ4n) is 0.415. The fourth-order valence-corrected chi connectivity index (χ4v) is 0.720. The maximum absolute atomic E-state index is 3.49. The van der Waals surface area contributed by atoms with Crippen molar-refractivity contribution in [3.63, 3.8) is 0 Å². The Bertz CT molecular complexity index is 206. The lowest BCUT2D eigenvalue weighted by atomic mass is 10.4. The highest BCUT2D eigenvalue weighted by atomic mass is 79.9. The van der Waals surface area contributed by atoms with Crippen LogP contribution < -0.4 is 0 Å². The van der Waals surface area contributed by atoms with Crippen LogP contribution in [0.5, 0.6) is 0 Å². The fraction of sp³-hybridized carbons (Fsp3) is 0.200. The lowest BCUT2D eigenvalue weighted by Crippen LogP contribution is -1.97. The van der Waals surface area contributed by atoms with Crippen molar-refractivity contribution in [2.45, 2.75) is 0 Å². The lowest BCUT2D eigenvalue weighted by molar-refractivity contribution is 0.566. The minimum Gasteiger partial charge on any atom is -0.384 e. The molecular formula is C10H14BrN. The molecule has 66 valence electrons. The molecule has 1 nitrogen and oxygen atoms in total. The molecule has 2 heteroatoms. The van der Waals surface area contributed by atoms with E-state index in [1.54, 1.807) is 6.20 Å². The van der Waals surface area contributed by atoms with E-state index < -0.39 is 0 Å². The van der Waals surface area contributed by atoms with E-state index in [1.165, 1.54) is 0 Å². The topological polar surface area (TPSA) is 3.24 Å². The molecular weight excluding hydrogens is 214 g/mol. The number of benzene rings is 1. The van der Waals surface area contributed by atoms with Crippen molar-refractivity contribution in [2.24, 2.45) is 0 Å².